The molecule has 0 aromatic carbocycles. The molecule has 0 radical (unpaired) electrons. The summed E-state index contributed by atoms with van der Waals surface area (Å²) >= 11 is 0. The van der Waals surface area contributed by atoms with E-state index in [1.165, 1.54) is 32.1 Å². The Morgan fingerprint density at radius 3 is 2.40 bits per heavy atom. The van der Waals surface area contributed by atoms with E-state index in [0.717, 1.165) is 5.92 Å². The number of hydrogen-bond acceptors (Lipinski definition) is 2. The van der Waals surface area contributed by atoms with Gasteiger partial charge in [0, 0.05) is 6.04 Å². The van der Waals surface area contributed by atoms with Crippen LogP contribution >= 0.6 is 0 Å². The molecule has 1 rings (SSSR count). The topological polar surface area (TPSA) is 38.0 Å². The Bertz CT molecular complexity index is 87.3. The van der Waals surface area contributed by atoms with E-state index >= 15 is 0 Å². The zero-order valence-corrected chi connectivity index (χ0v) is 6.77. The molecule has 0 spiro atoms. The Balaban J connectivity index is 2.24. The van der Waals surface area contributed by atoms with Crippen LogP contribution in [-0.2, 0) is 0 Å². The van der Waals surface area contributed by atoms with Crippen LogP contribution in [0.5, 0.6) is 0 Å². The van der Waals surface area contributed by atoms with E-state index < -0.39 is 0 Å². The third-order valence-corrected chi connectivity index (χ3v) is 2.62. The van der Waals surface area contributed by atoms with Crippen LogP contribution in [0.25, 0.3) is 0 Å². The van der Waals surface area contributed by atoms with Crippen LogP contribution in [0.4, 0.5) is 0 Å². The molecule has 1 unspecified atom stereocenters. The lowest BCUT2D eigenvalue weighted by Gasteiger charge is -2.26. The first kappa shape index (κ1) is 8.02. The third kappa shape index (κ3) is 1.96. The smallest absolute Gasteiger partial charge is 0.0210 e. The molecule has 0 aliphatic heterocycles. The van der Waals surface area contributed by atoms with Crippen LogP contribution in [0.1, 0.15) is 39.0 Å². The molecule has 0 aromatic heterocycles. The fourth-order valence-electron chi connectivity index (χ4n) is 1.77. The van der Waals surface area contributed by atoms with Gasteiger partial charge in [-0.25, -0.2) is 0 Å². The summed E-state index contributed by atoms with van der Waals surface area (Å²) < 4.78 is 0. The molecule has 10 heavy (non-hydrogen) atoms. The van der Waals surface area contributed by atoms with Crippen LogP contribution in [0.2, 0.25) is 0 Å². The van der Waals surface area contributed by atoms with Crippen LogP contribution in [-0.4, -0.2) is 6.04 Å². The Hall–Kier alpha value is -0.0800. The largest absolute Gasteiger partial charge is 0.271 e. The molecule has 2 nitrogen and oxygen atoms in total. The van der Waals surface area contributed by atoms with Gasteiger partial charge in [0.05, 0.1) is 0 Å². The van der Waals surface area contributed by atoms with Crippen molar-refractivity contribution < 1.29 is 0 Å². The zero-order valence-electron chi connectivity index (χ0n) is 6.77. The van der Waals surface area contributed by atoms with Crippen molar-refractivity contribution in [3.63, 3.8) is 0 Å². The summed E-state index contributed by atoms with van der Waals surface area (Å²) in [6, 6.07) is 0.514. The van der Waals surface area contributed by atoms with Gasteiger partial charge in [-0.15, -0.1) is 0 Å². The molecule has 0 saturated heterocycles. The maximum Gasteiger partial charge on any atom is 0.0210 e. The average Bonchev–Trinajstić information content (AvgIpc) is 2.05. The van der Waals surface area contributed by atoms with Gasteiger partial charge in [-0.3, -0.25) is 11.3 Å². The Kier molecular flexibility index (Phi) is 3.16. The highest BCUT2D eigenvalue weighted by atomic mass is 15.2. The van der Waals surface area contributed by atoms with Crippen LogP contribution in [0, 0.1) is 5.92 Å². The van der Waals surface area contributed by atoms with E-state index in [-0.39, 0.29) is 0 Å². The standard InChI is InChI=1S/C8H18N2/c1-7(10-9)8-5-3-2-4-6-8/h7-8,10H,2-6,9H2,1H3. The molecule has 3 N–H and O–H groups in total. The molecule has 0 bridgehead atoms. The summed E-state index contributed by atoms with van der Waals surface area (Å²) in [5.41, 5.74) is 2.83. The number of nitrogens with one attached hydrogen (secondary N) is 1. The lowest BCUT2D eigenvalue weighted by Crippen LogP contribution is -2.39. The molecule has 0 heterocycles. The summed E-state index contributed by atoms with van der Waals surface area (Å²) in [5, 5.41) is 0. The van der Waals surface area contributed by atoms with Crippen LogP contribution in [0.3, 0.4) is 0 Å². The van der Waals surface area contributed by atoms with E-state index in [4.69, 9.17) is 5.84 Å². The molecule has 60 valence electrons. The number of hydrazine groups is 1. The van der Waals surface area contributed by atoms with Gasteiger partial charge in [0.1, 0.15) is 0 Å². The minimum atomic E-state index is 0.514. The normalized spacial score (nSPS) is 24.6. The van der Waals surface area contributed by atoms with Gasteiger partial charge in [0.15, 0.2) is 0 Å². The highest BCUT2D eigenvalue weighted by Crippen LogP contribution is 2.25. The van der Waals surface area contributed by atoms with E-state index in [2.05, 4.69) is 12.3 Å². The van der Waals surface area contributed by atoms with Gasteiger partial charge in [-0.05, 0) is 25.7 Å². The van der Waals surface area contributed by atoms with Gasteiger partial charge in [0.25, 0.3) is 0 Å². The summed E-state index contributed by atoms with van der Waals surface area (Å²) in [5.74, 6) is 6.19. The maximum atomic E-state index is 5.35. The number of hydrogen-bond donors (Lipinski definition) is 2. The molecule has 1 aliphatic carbocycles. The second-order valence-corrected chi connectivity index (χ2v) is 3.35. The van der Waals surface area contributed by atoms with Crippen molar-refractivity contribution in [2.75, 3.05) is 0 Å². The monoisotopic (exact) mass is 142 g/mol. The van der Waals surface area contributed by atoms with E-state index in [1.54, 1.807) is 0 Å². The second kappa shape index (κ2) is 3.94. The van der Waals surface area contributed by atoms with Crippen LogP contribution in [0.15, 0.2) is 0 Å². The molecule has 1 atom stereocenters. The van der Waals surface area contributed by atoms with Crippen molar-refractivity contribution in [2.45, 2.75) is 45.1 Å². The average molecular weight is 142 g/mol. The van der Waals surface area contributed by atoms with Crippen molar-refractivity contribution in [1.29, 1.82) is 0 Å². The van der Waals surface area contributed by atoms with Gasteiger partial charge < -0.3 is 0 Å². The van der Waals surface area contributed by atoms with Gasteiger partial charge in [-0.1, -0.05) is 19.3 Å². The molecule has 1 saturated carbocycles. The lowest BCUT2D eigenvalue weighted by atomic mass is 9.85. The molecule has 2 heteroatoms. The van der Waals surface area contributed by atoms with Crippen molar-refractivity contribution in [1.82, 2.24) is 5.43 Å². The molecule has 1 fully saturated rings. The Morgan fingerprint density at radius 1 is 1.30 bits per heavy atom. The predicted molar refractivity (Wildman–Crippen MR) is 43.4 cm³/mol. The first-order valence-electron chi connectivity index (χ1n) is 4.30. The van der Waals surface area contributed by atoms with E-state index in [0.29, 0.717) is 6.04 Å². The highest BCUT2D eigenvalue weighted by Gasteiger charge is 2.18. The minimum Gasteiger partial charge on any atom is -0.271 e. The number of rotatable bonds is 2. The Labute approximate surface area is 63.1 Å². The maximum absolute atomic E-state index is 5.35. The Morgan fingerprint density at radius 2 is 1.90 bits per heavy atom. The molecular weight excluding hydrogens is 124 g/mol. The van der Waals surface area contributed by atoms with Crippen molar-refractivity contribution in [3.8, 4) is 0 Å². The van der Waals surface area contributed by atoms with Crippen molar-refractivity contribution in [2.24, 2.45) is 11.8 Å². The fraction of sp³-hybridized carbons (Fsp3) is 1.00. The van der Waals surface area contributed by atoms with Crippen LogP contribution < -0.4 is 11.3 Å². The fourth-order valence-corrected chi connectivity index (χ4v) is 1.77. The quantitative estimate of drug-likeness (QED) is 0.452. The summed E-state index contributed by atoms with van der Waals surface area (Å²) in [6.45, 7) is 2.18. The molecule has 1 aliphatic rings. The predicted octanol–water partition coefficient (Wildman–Crippen LogP) is 1.42. The molecule has 0 aromatic rings. The van der Waals surface area contributed by atoms with Gasteiger partial charge in [0.2, 0.25) is 0 Å². The molecule has 0 amide bonds. The molecular formula is C8H18N2. The number of nitrogens with two attached hydrogens (primary N) is 1. The minimum absolute atomic E-state index is 0.514. The third-order valence-electron chi connectivity index (χ3n) is 2.62. The lowest BCUT2D eigenvalue weighted by molar-refractivity contribution is 0.284. The highest BCUT2D eigenvalue weighted by molar-refractivity contribution is 4.73. The first-order valence-corrected chi connectivity index (χ1v) is 4.30. The van der Waals surface area contributed by atoms with E-state index in [9.17, 15) is 0 Å². The SMILES string of the molecule is CC(NN)C1CCCCC1. The first-order chi connectivity index (χ1) is 4.84. The van der Waals surface area contributed by atoms with Gasteiger partial charge in [-0.2, -0.15) is 0 Å². The zero-order chi connectivity index (χ0) is 7.40. The van der Waals surface area contributed by atoms with E-state index in [1.807, 2.05) is 0 Å². The summed E-state index contributed by atoms with van der Waals surface area (Å²) in [4.78, 5) is 0. The van der Waals surface area contributed by atoms with Crippen molar-refractivity contribution in [3.05, 3.63) is 0 Å². The summed E-state index contributed by atoms with van der Waals surface area (Å²) in [7, 11) is 0. The van der Waals surface area contributed by atoms with Crippen molar-refractivity contribution >= 4 is 0 Å². The van der Waals surface area contributed by atoms with Gasteiger partial charge >= 0.3 is 0 Å². The summed E-state index contributed by atoms with van der Waals surface area (Å²) in [6.07, 6.45) is 6.96. The second-order valence-electron chi connectivity index (χ2n) is 3.35.